The van der Waals surface area contributed by atoms with Crippen molar-refractivity contribution in [2.45, 2.75) is 75.7 Å². The average Bonchev–Trinajstić information content (AvgIpc) is 2.78. The molecule has 0 radical (unpaired) electrons. The van der Waals surface area contributed by atoms with Crippen molar-refractivity contribution in [3.63, 3.8) is 0 Å². The number of nitrogens with one attached hydrogen (secondary N) is 1. The van der Waals surface area contributed by atoms with E-state index in [-0.39, 0.29) is 18.4 Å². The van der Waals surface area contributed by atoms with Crippen molar-refractivity contribution in [3.8, 4) is 0 Å². The van der Waals surface area contributed by atoms with Crippen LogP contribution >= 0.6 is 0 Å². The Morgan fingerprint density at radius 3 is 2.43 bits per heavy atom. The Labute approximate surface area is 137 Å². The fourth-order valence-electron chi connectivity index (χ4n) is 4.06. The highest BCUT2D eigenvalue weighted by Gasteiger charge is 2.41. The Morgan fingerprint density at radius 2 is 1.78 bits per heavy atom. The molecule has 1 N–H and O–H groups in total. The molecule has 4 nitrogen and oxygen atoms in total. The number of alkyl halides is 2. The summed E-state index contributed by atoms with van der Waals surface area (Å²) in [5, 5.41) is 3.56. The minimum absolute atomic E-state index is 0.0885. The predicted molar refractivity (Wildman–Crippen MR) is 84.7 cm³/mol. The molecule has 0 amide bonds. The Bertz CT molecular complexity index is 355. The molecule has 0 aromatic carbocycles. The van der Waals surface area contributed by atoms with E-state index in [0.717, 1.165) is 45.3 Å². The second-order valence-electron chi connectivity index (χ2n) is 7.25. The van der Waals surface area contributed by atoms with Gasteiger partial charge in [0.25, 0.3) is 6.43 Å². The van der Waals surface area contributed by atoms with Gasteiger partial charge in [0.15, 0.2) is 5.79 Å². The summed E-state index contributed by atoms with van der Waals surface area (Å²) < 4.78 is 37.0. The van der Waals surface area contributed by atoms with E-state index < -0.39 is 6.43 Å². The van der Waals surface area contributed by atoms with Crippen molar-refractivity contribution in [2.24, 2.45) is 0 Å². The average molecular weight is 332 g/mol. The monoisotopic (exact) mass is 332 g/mol. The van der Waals surface area contributed by atoms with Crippen LogP contribution in [-0.2, 0) is 9.47 Å². The van der Waals surface area contributed by atoms with Gasteiger partial charge in [-0.05, 0) is 38.8 Å². The fourth-order valence-corrected chi connectivity index (χ4v) is 4.06. The molecule has 1 atom stereocenters. The van der Waals surface area contributed by atoms with Crippen LogP contribution in [0.15, 0.2) is 0 Å². The van der Waals surface area contributed by atoms with Crippen molar-refractivity contribution in [1.82, 2.24) is 10.2 Å². The Hall–Kier alpha value is -0.300. The molecule has 0 bridgehead atoms. The van der Waals surface area contributed by atoms with Crippen LogP contribution in [-0.4, -0.2) is 62.0 Å². The topological polar surface area (TPSA) is 33.7 Å². The molecule has 23 heavy (non-hydrogen) atoms. The second-order valence-corrected chi connectivity index (χ2v) is 7.25. The number of rotatable bonds is 5. The Balaban J connectivity index is 1.35. The number of hydrogen-bond acceptors (Lipinski definition) is 4. The number of ether oxygens (including phenoxy) is 2. The lowest BCUT2D eigenvalue weighted by Gasteiger charge is -2.32. The quantitative estimate of drug-likeness (QED) is 0.839. The van der Waals surface area contributed by atoms with Gasteiger partial charge in [0.1, 0.15) is 0 Å². The van der Waals surface area contributed by atoms with Gasteiger partial charge in [-0.25, -0.2) is 8.78 Å². The van der Waals surface area contributed by atoms with Crippen molar-refractivity contribution >= 4 is 0 Å². The standard InChI is InChI=1S/C17H30F2N2O2/c18-16(19)12-21-9-5-14(6-10-21)20-11-15-13-22-17(23-15)7-3-1-2-4-8-17/h14-16,20H,1-13H2. The summed E-state index contributed by atoms with van der Waals surface area (Å²) in [4.78, 5) is 1.86. The summed E-state index contributed by atoms with van der Waals surface area (Å²) in [6, 6.07) is 0.415. The van der Waals surface area contributed by atoms with E-state index >= 15 is 0 Å². The molecule has 3 rings (SSSR count). The van der Waals surface area contributed by atoms with Gasteiger partial charge >= 0.3 is 0 Å². The van der Waals surface area contributed by atoms with Gasteiger partial charge in [-0.15, -0.1) is 0 Å². The molecule has 2 aliphatic heterocycles. The van der Waals surface area contributed by atoms with Crippen molar-refractivity contribution in [1.29, 1.82) is 0 Å². The highest BCUT2D eigenvalue weighted by Crippen LogP contribution is 2.36. The van der Waals surface area contributed by atoms with Crippen molar-refractivity contribution < 1.29 is 18.3 Å². The van der Waals surface area contributed by atoms with Crippen LogP contribution in [0, 0.1) is 0 Å². The number of hydrogen-bond donors (Lipinski definition) is 1. The fraction of sp³-hybridized carbons (Fsp3) is 1.00. The number of nitrogens with zero attached hydrogens (tertiary/aromatic N) is 1. The van der Waals surface area contributed by atoms with E-state index in [1.807, 2.05) is 4.90 Å². The van der Waals surface area contributed by atoms with Gasteiger partial charge in [0, 0.05) is 25.4 Å². The number of halogens is 2. The van der Waals surface area contributed by atoms with E-state index in [4.69, 9.17) is 9.47 Å². The molecule has 1 aliphatic carbocycles. The first-order valence-electron chi connectivity index (χ1n) is 9.21. The van der Waals surface area contributed by atoms with Crippen LogP contribution in [0.2, 0.25) is 0 Å². The summed E-state index contributed by atoms with van der Waals surface area (Å²) in [7, 11) is 0. The molecule has 2 saturated heterocycles. The van der Waals surface area contributed by atoms with Crippen molar-refractivity contribution in [2.75, 3.05) is 32.8 Å². The molecular formula is C17H30F2N2O2. The van der Waals surface area contributed by atoms with Crippen LogP contribution in [0.25, 0.3) is 0 Å². The molecule has 2 heterocycles. The van der Waals surface area contributed by atoms with Crippen LogP contribution in [0.4, 0.5) is 8.78 Å². The van der Waals surface area contributed by atoms with Crippen LogP contribution in [0.3, 0.4) is 0 Å². The van der Waals surface area contributed by atoms with Crippen molar-refractivity contribution in [3.05, 3.63) is 0 Å². The molecule has 1 unspecified atom stereocenters. The second kappa shape index (κ2) is 8.19. The maximum Gasteiger partial charge on any atom is 0.251 e. The Morgan fingerprint density at radius 1 is 1.09 bits per heavy atom. The normalized spacial score (nSPS) is 30.1. The maximum atomic E-state index is 12.4. The first-order chi connectivity index (χ1) is 11.2. The third kappa shape index (κ3) is 5.08. The summed E-state index contributed by atoms with van der Waals surface area (Å²) in [5.41, 5.74) is 0. The molecule has 1 saturated carbocycles. The van der Waals surface area contributed by atoms with E-state index in [0.29, 0.717) is 12.6 Å². The third-order valence-corrected chi connectivity index (χ3v) is 5.40. The number of likely N-dealkylation sites (tertiary alicyclic amines) is 1. The molecular weight excluding hydrogens is 302 g/mol. The molecule has 6 heteroatoms. The first-order valence-corrected chi connectivity index (χ1v) is 9.21. The van der Waals surface area contributed by atoms with Crippen LogP contribution in [0.5, 0.6) is 0 Å². The smallest absolute Gasteiger partial charge is 0.251 e. The van der Waals surface area contributed by atoms with Gasteiger partial charge < -0.3 is 14.8 Å². The van der Waals surface area contributed by atoms with Crippen LogP contribution in [0.1, 0.15) is 51.4 Å². The molecule has 1 spiro atoms. The van der Waals surface area contributed by atoms with Gasteiger partial charge in [0.2, 0.25) is 0 Å². The Kier molecular flexibility index (Phi) is 6.24. The SMILES string of the molecule is FC(F)CN1CCC(NCC2COC3(CCCCCC3)O2)CC1. The van der Waals surface area contributed by atoms with Gasteiger partial charge in [-0.2, -0.15) is 0 Å². The van der Waals surface area contributed by atoms with E-state index in [1.165, 1.54) is 25.7 Å². The van der Waals surface area contributed by atoms with E-state index in [9.17, 15) is 8.78 Å². The van der Waals surface area contributed by atoms with Crippen LogP contribution < -0.4 is 5.32 Å². The lowest BCUT2D eigenvalue weighted by atomic mass is 10.0. The lowest BCUT2D eigenvalue weighted by molar-refractivity contribution is -0.175. The number of piperidine rings is 1. The zero-order valence-corrected chi connectivity index (χ0v) is 13.9. The molecule has 0 aromatic heterocycles. The minimum atomic E-state index is -2.22. The summed E-state index contributed by atoms with van der Waals surface area (Å²) in [6.07, 6.45) is 6.79. The predicted octanol–water partition coefficient (Wildman–Crippen LogP) is 2.77. The minimum Gasteiger partial charge on any atom is -0.347 e. The lowest BCUT2D eigenvalue weighted by Crippen LogP contribution is -2.46. The maximum absolute atomic E-state index is 12.4. The largest absolute Gasteiger partial charge is 0.347 e. The molecule has 3 aliphatic rings. The summed E-state index contributed by atoms with van der Waals surface area (Å²) in [6.45, 7) is 2.91. The highest BCUT2D eigenvalue weighted by atomic mass is 19.3. The first kappa shape index (κ1) is 17.5. The summed E-state index contributed by atoms with van der Waals surface area (Å²) >= 11 is 0. The highest BCUT2D eigenvalue weighted by molar-refractivity contribution is 4.84. The summed E-state index contributed by atoms with van der Waals surface area (Å²) in [5.74, 6) is -0.316. The van der Waals surface area contributed by atoms with Gasteiger partial charge in [0.05, 0.1) is 19.3 Å². The molecule has 0 aromatic rings. The van der Waals surface area contributed by atoms with Gasteiger partial charge in [-0.3, -0.25) is 4.90 Å². The molecule has 134 valence electrons. The van der Waals surface area contributed by atoms with Gasteiger partial charge in [-0.1, -0.05) is 12.8 Å². The zero-order valence-electron chi connectivity index (χ0n) is 13.9. The van der Waals surface area contributed by atoms with E-state index in [1.54, 1.807) is 0 Å². The third-order valence-electron chi connectivity index (χ3n) is 5.40. The van der Waals surface area contributed by atoms with E-state index in [2.05, 4.69) is 5.32 Å². The zero-order chi connectivity index (χ0) is 16.1. The molecule has 3 fully saturated rings.